The molecule has 6 heteroatoms. The number of hydrogen-bond acceptors (Lipinski definition) is 6. The van der Waals surface area contributed by atoms with Gasteiger partial charge in [0.25, 0.3) is 0 Å². The maximum atomic E-state index is 11.7. The van der Waals surface area contributed by atoms with Crippen LogP contribution < -0.4 is 0 Å². The lowest BCUT2D eigenvalue weighted by Crippen LogP contribution is -2.27. The average Bonchev–Trinajstić information content (AvgIpc) is 3.02. The predicted molar refractivity (Wildman–Crippen MR) is 78.6 cm³/mol. The molecule has 126 valence electrons. The van der Waals surface area contributed by atoms with Crippen molar-refractivity contribution < 1.29 is 28.7 Å². The fourth-order valence-electron chi connectivity index (χ4n) is 4.43. The Morgan fingerprint density at radius 3 is 1.38 bits per heavy atom. The molecule has 2 saturated carbocycles. The molecule has 0 aromatic carbocycles. The van der Waals surface area contributed by atoms with E-state index in [4.69, 9.17) is 9.47 Å². The van der Waals surface area contributed by atoms with Crippen molar-refractivity contribution >= 4 is 23.9 Å². The molecule has 4 fully saturated rings. The summed E-state index contributed by atoms with van der Waals surface area (Å²) in [5, 5.41) is 0. The maximum Gasteiger partial charge on any atom is 0.317 e. The second-order valence-electron chi connectivity index (χ2n) is 7.21. The van der Waals surface area contributed by atoms with Crippen molar-refractivity contribution in [3.8, 4) is 11.8 Å². The molecule has 6 atom stereocenters. The molecule has 4 aliphatic rings. The minimum atomic E-state index is -0.413. The summed E-state index contributed by atoms with van der Waals surface area (Å²) in [5.74, 6) is 3.78. The number of fused-ring (bicyclic) bond motifs is 2. The molecule has 2 heterocycles. The first kappa shape index (κ1) is 15.4. The summed E-state index contributed by atoms with van der Waals surface area (Å²) in [7, 11) is 0. The van der Waals surface area contributed by atoms with Gasteiger partial charge in [-0.3, -0.25) is 19.2 Å². The maximum absolute atomic E-state index is 11.7. The van der Waals surface area contributed by atoms with Gasteiger partial charge in [0.15, 0.2) is 0 Å². The lowest BCUT2D eigenvalue weighted by molar-refractivity contribution is -0.155. The van der Waals surface area contributed by atoms with E-state index in [9.17, 15) is 19.2 Å². The third-order valence-corrected chi connectivity index (χ3v) is 5.81. The van der Waals surface area contributed by atoms with Gasteiger partial charge in [0.2, 0.25) is 0 Å². The van der Waals surface area contributed by atoms with Gasteiger partial charge in [-0.15, -0.1) is 0 Å². The molecule has 0 bridgehead atoms. The van der Waals surface area contributed by atoms with Gasteiger partial charge in [-0.25, -0.2) is 0 Å². The van der Waals surface area contributed by atoms with Crippen molar-refractivity contribution in [2.24, 2.45) is 35.5 Å². The summed E-state index contributed by atoms with van der Waals surface area (Å²) >= 11 is 0. The van der Waals surface area contributed by atoms with Crippen molar-refractivity contribution in [2.45, 2.75) is 38.5 Å². The number of rotatable bonds is 0. The zero-order valence-electron chi connectivity index (χ0n) is 13.2. The Labute approximate surface area is 139 Å². The van der Waals surface area contributed by atoms with Crippen molar-refractivity contribution in [2.75, 3.05) is 0 Å². The lowest BCUT2D eigenvalue weighted by atomic mass is 9.74. The van der Waals surface area contributed by atoms with E-state index in [0.29, 0.717) is 25.7 Å². The molecule has 0 amide bonds. The molecule has 0 N–H and O–H groups in total. The molecule has 2 aliphatic heterocycles. The van der Waals surface area contributed by atoms with Crippen LogP contribution in [0.2, 0.25) is 0 Å². The van der Waals surface area contributed by atoms with Crippen molar-refractivity contribution in [3.05, 3.63) is 0 Å². The van der Waals surface area contributed by atoms with Crippen LogP contribution >= 0.6 is 0 Å². The first-order valence-electron chi connectivity index (χ1n) is 8.55. The van der Waals surface area contributed by atoms with Crippen molar-refractivity contribution in [1.82, 2.24) is 0 Å². The SMILES string of the molecule is O=C1OC(=O)C2CC(C#CC3CCC4C(=O)OC(=O)C4C3)CCC12. The molecule has 2 aliphatic carbocycles. The Kier molecular flexibility index (Phi) is 3.67. The van der Waals surface area contributed by atoms with Crippen LogP contribution in [0.3, 0.4) is 0 Å². The van der Waals surface area contributed by atoms with Crippen LogP contribution in [0, 0.1) is 47.3 Å². The molecule has 0 radical (unpaired) electrons. The fraction of sp³-hybridized carbons (Fsp3) is 0.667. The Morgan fingerprint density at radius 2 is 0.958 bits per heavy atom. The molecule has 24 heavy (non-hydrogen) atoms. The molecular formula is C18H18O6. The summed E-state index contributed by atoms with van der Waals surface area (Å²) in [6.45, 7) is 0. The second kappa shape index (κ2) is 5.73. The molecule has 6 unspecified atom stereocenters. The summed E-state index contributed by atoms with van der Waals surface area (Å²) < 4.78 is 9.42. The van der Waals surface area contributed by atoms with E-state index in [0.717, 1.165) is 12.8 Å². The van der Waals surface area contributed by atoms with E-state index in [1.165, 1.54) is 0 Å². The molecule has 0 aromatic rings. The summed E-state index contributed by atoms with van der Waals surface area (Å²) in [6, 6.07) is 0. The van der Waals surface area contributed by atoms with E-state index in [2.05, 4.69) is 11.8 Å². The fourth-order valence-corrected chi connectivity index (χ4v) is 4.43. The number of carbonyl (C=O) groups is 4. The number of cyclic esters (lactones) is 4. The highest BCUT2D eigenvalue weighted by Gasteiger charge is 2.48. The van der Waals surface area contributed by atoms with Crippen molar-refractivity contribution in [1.29, 1.82) is 0 Å². The van der Waals surface area contributed by atoms with Gasteiger partial charge in [0, 0.05) is 11.8 Å². The Balaban J connectivity index is 1.39. The van der Waals surface area contributed by atoms with Crippen LogP contribution in [-0.2, 0) is 28.7 Å². The van der Waals surface area contributed by atoms with Crippen LogP contribution in [0.4, 0.5) is 0 Å². The van der Waals surface area contributed by atoms with E-state index >= 15 is 0 Å². The van der Waals surface area contributed by atoms with Crippen LogP contribution in [-0.4, -0.2) is 23.9 Å². The van der Waals surface area contributed by atoms with Gasteiger partial charge < -0.3 is 9.47 Å². The number of ether oxygens (including phenoxy) is 2. The second-order valence-corrected chi connectivity index (χ2v) is 7.21. The zero-order valence-corrected chi connectivity index (χ0v) is 13.2. The number of hydrogen-bond donors (Lipinski definition) is 0. The standard InChI is InChI=1S/C18H18O6/c19-15-11-5-3-9(7-13(11)17(21)23-15)1-2-10-4-6-12-14(8-10)18(22)24-16(12)20/h9-14H,3-8H2. The summed E-state index contributed by atoms with van der Waals surface area (Å²) in [6.07, 6.45) is 4.00. The highest BCUT2D eigenvalue weighted by Crippen LogP contribution is 2.41. The van der Waals surface area contributed by atoms with Gasteiger partial charge in [-0.1, -0.05) is 11.8 Å². The van der Waals surface area contributed by atoms with Gasteiger partial charge >= 0.3 is 23.9 Å². The number of carbonyl (C=O) groups excluding carboxylic acids is 4. The topological polar surface area (TPSA) is 86.7 Å². The Hall–Kier alpha value is -2.16. The molecule has 4 rings (SSSR count). The van der Waals surface area contributed by atoms with E-state index in [-0.39, 0.29) is 47.4 Å². The van der Waals surface area contributed by atoms with Gasteiger partial charge in [-0.2, -0.15) is 0 Å². The first-order chi connectivity index (χ1) is 11.5. The average molecular weight is 330 g/mol. The van der Waals surface area contributed by atoms with Crippen molar-refractivity contribution in [3.63, 3.8) is 0 Å². The van der Waals surface area contributed by atoms with E-state index in [1.807, 2.05) is 0 Å². The van der Waals surface area contributed by atoms with E-state index < -0.39 is 11.9 Å². The van der Waals surface area contributed by atoms with Crippen LogP contribution in [0.25, 0.3) is 0 Å². The zero-order chi connectivity index (χ0) is 16.8. The summed E-state index contributed by atoms with van der Waals surface area (Å²) in [4.78, 5) is 46.5. The molecule has 0 spiro atoms. The first-order valence-corrected chi connectivity index (χ1v) is 8.55. The van der Waals surface area contributed by atoms with E-state index in [1.54, 1.807) is 0 Å². The van der Waals surface area contributed by atoms with Crippen LogP contribution in [0.1, 0.15) is 38.5 Å². The minimum absolute atomic E-state index is 0.0829. The number of esters is 4. The molecular weight excluding hydrogens is 312 g/mol. The molecule has 6 nitrogen and oxygen atoms in total. The monoisotopic (exact) mass is 330 g/mol. The third-order valence-electron chi connectivity index (χ3n) is 5.81. The Bertz CT molecular complexity index is 627. The summed E-state index contributed by atoms with van der Waals surface area (Å²) in [5.41, 5.74) is 0. The minimum Gasteiger partial charge on any atom is -0.393 e. The third kappa shape index (κ3) is 2.52. The largest absolute Gasteiger partial charge is 0.393 e. The highest BCUT2D eigenvalue weighted by atomic mass is 16.6. The Morgan fingerprint density at radius 1 is 0.583 bits per heavy atom. The van der Waals surface area contributed by atoms with Crippen LogP contribution in [0.15, 0.2) is 0 Å². The quantitative estimate of drug-likeness (QED) is 0.377. The molecule has 2 saturated heterocycles. The normalized spacial score (nSPS) is 41.0. The van der Waals surface area contributed by atoms with Gasteiger partial charge in [0.05, 0.1) is 23.7 Å². The van der Waals surface area contributed by atoms with Gasteiger partial charge in [-0.05, 0) is 38.5 Å². The lowest BCUT2D eigenvalue weighted by Gasteiger charge is -2.26. The van der Waals surface area contributed by atoms with Gasteiger partial charge in [0.1, 0.15) is 0 Å². The predicted octanol–water partition coefficient (Wildman–Crippen LogP) is 1.22. The highest BCUT2D eigenvalue weighted by molar-refractivity contribution is 5.97. The molecule has 0 aromatic heterocycles. The van der Waals surface area contributed by atoms with Crippen LogP contribution in [0.5, 0.6) is 0 Å². The smallest absolute Gasteiger partial charge is 0.317 e.